The first-order valence-electron chi connectivity index (χ1n) is 9.11. The Hall–Kier alpha value is -2.29. The van der Waals surface area contributed by atoms with Crippen LogP contribution in [0.2, 0.25) is 10.0 Å². The highest BCUT2D eigenvalue weighted by Crippen LogP contribution is 2.30. The van der Waals surface area contributed by atoms with Crippen LogP contribution in [0.4, 0.5) is 11.4 Å². The van der Waals surface area contributed by atoms with Crippen LogP contribution in [0.15, 0.2) is 42.5 Å². The molecule has 0 unspecified atom stereocenters. The summed E-state index contributed by atoms with van der Waals surface area (Å²) in [4.78, 5) is 24.4. The van der Waals surface area contributed by atoms with E-state index in [1.54, 1.807) is 0 Å². The minimum atomic E-state index is -3.79. The lowest BCUT2D eigenvalue weighted by Gasteiger charge is -2.23. The third kappa shape index (κ3) is 6.90. The number of hydrogen-bond donors (Lipinski definition) is 1. The normalized spacial score (nSPS) is 11.1. The summed E-state index contributed by atoms with van der Waals surface area (Å²) in [6, 6.07) is 10.4. The molecule has 0 bridgehead atoms. The van der Waals surface area contributed by atoms with Gasteiger partial charge in [-0.1, -0.05) is 36.5 Å². The molecule has 0 fully saturated rings. The van der Waals surface area contributed by atoms with Crippen LogP contribution in [-0.4, -0.2) is 39.7 Å². The fraction of sp³-hybridized carbons (Fsp3) is 0.300. The Bertz CT molecular complexity index is 1010. The molecule has 0 heterocycles. The van der Waals surface area contributed by atoms with Gasteiger partial charge in [0, 0.05) is 10.7 Å². The molecule has 7 nitrogen and oxygen atoms in total. The zero-order chi connectivity index (χ0) is 22.3. The maximum Gasteiger partial charge on any atom is 0.338 e. The van der Waals surface area contributed by atoms with Gasteiger partial charge in [-0.2, -0.15) is 0 Å². The number of carbonyl (C=O) groups is 2. The zero-order valence-corrected chi connectivity index (χ0v) is 18.9. The second-order valence-corrected chi connectivity index (χ2v) is 9.23. The maximum atomic E-state index is 12.4. The third-order valence-corrected chi connectivity index (χ3v) is 5.67. The summed E-state index contributed by atoms with van der Waals surface area (Å²) < 4.78 is 30.4. The zero-order valence-electron chi connectivity index (χ0n) is 16.5. The van der Waals surface area contributed by atoms with E-state index < -0.39 is 28.4 Å². The second kappa shape index (κ2) is 10.7. The average molecular weight is 473 g/mol. The molecule has 2 aromatic carbocycles. The van der Waals surface area contributed by atoms with E-state index in [4.69, 9.17) is 27.9 Å². The van der Waals surface area contributed by atoms with Gasteiger partial charge in [0.05, 0.1) is 29.1 Å². The van der Waals surface area contributed by atoms with E-state index in [9.17, 15) is 18.0 Å². The van der Waals surface area contributed by atoms with E-state index in [-0.39, 0.29) is 10.7 Å². The molecule has 1 amide bonds. The van der Waals surface area contributed by atoms with Gasteiger partial charge in [-0.25, -0.2) is 13.2 Å². The Labute approximate surface area is 186 Å². The molecule has 2 rings (SSSR count). The van der Waals surface area contributed by atoms with Crippen molar-refractivity contribution in [2.24, 2.45) is 0 Å². The lowest BCUT2D eigenvalue weighted by Crippen LogP contribution is -2.37. The molecule has 0 saturated heterocycles. The summed E-state index contributed by atoms with van der Waals surface area (Å²) >= 11 is 12.0. The van der Waals surface area contributed by atoms with Crippen molar-refractivity contribution in [2.75, 3.05) is 29.0 Å². The minimum Gasteiger partial charge on any atom is -0.462 e. The molecule has 0 aromatic heterocycles. The number of anilines is 2. The SMILES string of the molecule is CCCCOC(=O)c1ccc(NC(=O)CN(c2ccc(Cl)cc2Cl)S(C)(=O)=O)cc1. The fourth-order valence-corrected chi connectivity index (χ4v) is 3.91. The quantitative estimate of drug-likeness (QED) is 0.432. The number of nitrogens with one attached hydrogen (secondary N) is 1. The van der Waals surface area contributed by atoms with E-state index in [1.165, 1.54) is 42.5 Å². The molecule has 30 heavy (non-hydrogen) atoms. The van der Waals surface area contributed by atoms with Crippen LogP contribution >= 0.6 is 23.2 Å². The van der Waals surface area contributed by atoms with Gasteiger partial charge in [-0.3, -0.25) is 9.10 Å². The highest BCUT2D eigenvalue weighted by molar-refractivity contribution is 7.92. The number of halogens is 2. The summed E-state index contributed by atoms with van der Waals surface area (Å²) in [5, 5.41) is 3.04. The van der Waals surface area contributed by atoms with Gasteiger partial charge in [0.2, 0.25) is 15.9 Å². The summed E-state index contributed by atoms with van der Waals surface area (Å²) in [6.07, 6.45) is 2.68. The Morgan fingerprint density at radius 3 is 2.33 bits per heavy atom. The monoisotopic (exact) mass is 472 g/mol. The van der Waals surface area contributed by atoms with Gasteiger partial charge in [-0.15, -0.1) is 0 Å². The molecule has 0 aliphatic rings. The molecule has 0 aliphatic carbocycles. The molecule has 0 saturated carbocycles. The summed E-state index contributed by atoms with van der Waals surface area (Å²) in [6.45, 7) is 1.86. The smallest absolute Gasteiger partial charge is 0.338 e. The number of rotatable bonds is 9. The van der Waals surface area contributed by atoms with Crippen molar-refractivity contribution in [3.63, 3.8) is 0 Å². The summed E-state index contributed by atoms with van der Waals surface area (Å²) in [5.74, 6) is -1.02. The van der Waals surface area contributed by atoms with Gasteiger partial charge < -0.3 is 10.1 Å². The van der Waals surface area contributed by atoms with E-state index in [1.807, 2.05) is 6.92 Å². The van der Waals surface area contributed by atoms with Crippen LogP contribution in [0.1, 0.15) is 30.1 Å². The van der Waals surface area contributed by atoms with E-state index in [2.05, 4.69) is 5.32 Å². The first kappa shape index (κ1) is 24.0. The Kier molecular flexibility index (Phi) is 8.52. The first-order chi connectivity index (χ1) is 14.1. The fourth-order valence-electron chi connectivity index (χ4n) is 2.48. The number of amides is 1. The number of carbonyl (C=O) groups excluding carboxylic acids is 2. The lowest BCUT2D eigenvalue weighted by atomic mass is 10.2. The van der Waals surface area contributed by atoms with Gasteiger partial charge in [0.15, 0.2) is 0 Å². The standard InChI is InChI=1S/C20H22Cl2N2O5S/c1-3-4-11-29-20(26)14-5-8-16(9-6-14)23-19(25)13-24(30(2,27)28)18-10-7-15(21)12-17(18)22/h5-10,12H,3-4,11,13H2,1-2H3,(H,23,25). The topological polar surface area (TPSA) is 92.8 Å². The first-order valence-corrected chi connectivity index (χ1v) is 11.7. The Balaban J connectivity index is 2.08. The van der Waals surface area contributed by atoms with Crippen LogP contribution < -0.4 is 9.62 Å². The Morgan fingerprint density at radius 2 is 1.77 bits per heavy atom. The van der Waals surface area contributed by atoms with E-state index in [0.29, 0.717) is 22.9 Å². The number of sulfonamides is 1. The number of hydrogen-bond acceptors (Lipinski definition) is 5. The van der Waals surface area contributed by atoms with Crippen molar-refractivity contribution in [2.45, 2.75) is 19.8 Å². The van der Waals surface area contributed by atoms with Crippen molar-refractivity contribution in [3.05, 3.63) is 58.1 Å². The van der Waals surface area contributed by atoms with Gasteiger partial charge >= 0.3 is 5.97 Å². The van der Waals surface area contributed by atoms with Crippen molar-refractivity contribution in [1.29, 1.82) is 0 Å². The predicted octanol–water partition coefficient (Wildman–Crippen LogP) is 4.36. The molecule has 0 spiro atoms. The molecule has 162 valence electrons. The number of esters is 1. The molecular formula is C20H22Cl2N2O5S. The van der Waals surface area contributed by atoms with Gasteiger partial charge in [0.1, 0.15) is 6.54 Å². The largest absolute Gasteiger partial charge is 0.462 e. The molecule has 0 aliphatic heterocycles. The number of nitrogens with zero attached hydrogens (tertiary/aromatic N) is 1. The van der Waals surface area contributed by atoms with Crippen LogP contribution in [0.3, 0.4) is 0 Å². The second-order valence-electron chi connectivity index (χ2n) is 6.48. The van der Waals surface area contributed by atoms with Gasteiger partial charge in [-0.05, 0) is 48.9 Å². The van der Waals surface area contributed by atoms with Crippen LogP contribution in [0.5, 0.6) is 0 Å². The summed E-state index contributed by atoms with van der Waals surface area (Å²) in [5.41, 5.74) is 0.902. The highest BCUT2D eigenvalue weighted by Gasteiger charge is 2.23. The van der Waals surface area contributed by atoms with E-state index in [0.717, 1.165) is 23.4 Å². The van der Waals surface area contributed by atoms with Crippen molar-refractivity contribution < 1.29 is 22.7 Å². The van der Waals surface area contributed by atoms with Crippen LogP contribution in [0, 0.1) is 0 Å². The predicted molar refractivity (Wildman–Crippen MR) is 119 cm³/mol. The van der Waals surface area contributed by atoms with Crippen molar-refractivity contribution in [1.82, 2.24) is 0 Å². The third-order valence-electron chi connectivity index (χ3n) is 4.00. The number of benzene rings is 2. The van der Waals surface area contributed by atoms with Crippen LogP contribution in [0.25, 0.3) is 0 Å². The molecule has 1 N–H and O–H groups in total. The number of unbranched alkanes of at least 4 members (excludes halogenated alkanes) is 1. The van der Waals surface area contributed by atoms with E-state index >= 15 is 0 Å². The van der Waals surface area contributed by atoms with Crippen molar-refractivity contribution in [3.8, 4) is 0 Å². The number of ether oxygens (including phenoxy) is 1. The molecule has 0 radical (unpaired) electrons. The van der Waals surface area contributed by atoms with Crippen LogP contribution in [-0.2, 0) is 19.6 Å². The lowest BCUT2D eigenvalue weighted by molar-refractivity contribution is -0.114. The Morgan fingerprint density at radius 1 is 1.10 bits per heavy atom. The summed E-state index contributed by atoms with van der Waals surface area (Å²) in [7, 11) is -3.79. The average Bonchev–Trinajstić information content (AvgIpc) is 2.66. The van der Waals surface area contributed by atoms with Gasteiger partial charge in [0.25, 0.3) is 0 Å². The molecule has 2 aromatic rings. The van der Waals surface area contributed by atoms with Crippen molar-refractivity contribution >= 4 is 56.5 Å². The maximum absolute atomic E-state index is 12.4. The highest BCUT2D eigenvalue weighted by atomic mass is 35.5. The molecule has 0 atom stereocenters. The molecule has 10 heteroatoms. The minimum absolute atomic E-state index is 0.103. The molecular weight excluding hydrogens is 451 g/mol.